The van der Waals surface area contributed by atoms with Crippen LogP contribution in [-0.4, -0.2) is 52.0 Å². The summed E-state index contributed by atoms with van der Waals surface area (Å²) < 4.78 is 0. The number of aromatic amines is 1. The Bertz CT molecular complexity index is 1350. The van der Waals surface area contributed by atoms with Gasteiger partial charge >= 0.3 is 0 Å². The van der Waals surface area contributed by atoms with Crippen LogP contribution in [0.5, 0.6) is 0 Å². The molecule has 1 saturated heterocycles. The van der Waals surface area contributed by atoms with Gasteiger partial charge in [-0.3, -0.25) is 19.8 Å². The summed E-state index contributed by atoms with van der Waals surface area (Å²) >= 11 is 0. The standard InChI is InChI=1S/C24H22N6O3/c25-14-16-1-4-18(5-2-16)28-7-9-29(10-8-28)19-6-3-17(11-19)22-13-23-21(24(31)27-22)12-20(15-26-23)30(32)33/h1-2,4-5,11-13,15,19H,3,6-10H2,(H,27,31)/t19-/m1/s1. The molecule has 1 atom stereocenters. The number of piperazine rings is 1. The van der Waals surface area contributed by atoms with E-state index in [-0.39, 0.29) is 16.6 Å². The highest BCUT2D eigenvalue weighted by molar-refractivity contribution is 5.82. The Morgan fingerprint density at radius 3 is 2.61 bits per heavy atom. The summed E-state index contributed by atoms with van der Waals surface area (Å²) in [6.07, 6.45) is 5.25. The van der Waals surface area contributed by atoms with Crippen molar-refractivity contribution in [3.8, 4) is 6.07 Å². The Hall–Kier alpha value is -4.03. The molecular formula is C24H22N6O3. The fourth-order valence-corrected chi connectivity index (χ4v) is 4.67. The molecule has 1 fully saturated rings. The van der Waals surface area contributed by atoms with Gasteiger partial charge in [0, 0.05) is 49.7 Å². The van der Waals surface area contributed by atoms with Crippen molar-refractivity contribution < 1.29 is 4.92 Å². The minimum absolute atomic E-state index is 0.193. The number of hydrogen-bond acceptors (Lipinski definition) is 7. The Kier molecular flexibility index (Phi) is 5.36. The van der Waals surface area contributed by atoms with Crippen LogP contribution in [0.25, 0.3) is 16.5 Å². The van der Waals surface area contributed by atoms with Crippen molar-refractivity contribution >= 4 is 27.9 Å². The first-order chi connectivity index (χ1) is 16.0. The number of H-pyrrole nitrogens is 1. The lowest BCUT2D eigenvalue weighted by atomic mass is 10.1. The second-order valence-electron chi connectivity index (χ2n) is 8.38. The third kappa shape index (κ3) is 4.08. The predicted molar refractivity (Wildman–Crippen MR) is 125 cm³/mol. The molecule has 2 aromatic heterocycles. The van der Waals surface area contributed by atoms with Gasteiger partial charge in [0.25, 0.3) is 11.2 Å². The molecule has 9 heteroatoms. The van der Waals surface area contributed by atoms with Gasteiger partial charge in [0.2, 0.25) is 0 Å². The third-order valence-electron chi connectivity index (χ3n) is 6.48. The van der Waals surface area contributed by atoms with Gasteiger partial charge in [-0.2, -0.15) is 5.26 Å². The van der Waals surface area contributed by atoms with Crippen LogP contribution >= 0.6 is 0 Å². The summed E-state index contributed by atoms with van der Waals surface area (Å²) in [7, 11) is 0. The number of aromatic nitrogens is 2. The molecule has 1 aromatic carbocycles. The first-order valence-corrected chi connectivity index (χ1v) is 10.9. The molecule has 9 nitrogen and oxygen atoms in total. The molecule has 0 amide bonds. The summed E-state index contributed by atoms with van der Waals surface area (Å²) in [4.78, 5) is 34.8. The smallest absolute Gasteiger partial charge is 0.288 e. The average Bonchev–Trinajstić information content (AvgIpc) is 3.34. The number of nitriles is 1. The first kappa shape index (κ1) is 20.8. The molecular weight excluding hydrogens is 420 g/mol. The largest absolute Gasteiger partial charge is 0.369 e. The molecule has 33 heavy (non-hydrogen) atoms. The number of hydrogen-bond donors (Lipinski definition) is 1. The maximum atomic E-state index is 12.5. The maximum Gasteiger partial charge on any atom is 0.288 e. The molecule has 0 spiro atoms. The quantitative estimate of drug-likeness (QED) is 0.487. The van der Waals surface area contributed by atoms with Gasteiger partial charge in [0.15, 0.2) is 0 Å². The van der Waals surface area contributed by atoms with Crippen LogP contribution in [0.1, 0.15) is 24.1 Å². The number of pyridine rings is 2. The normalized spacial score (nSPS) is 18.8. The number of fused-ring (bicyclic) bond motifs is 1. The molecule has 1 aliphatic heterocycles. The Balaban J connectivity index is 1.29. The molecule has 2 aliphatic rings. The fourth-order valence-electron chi connectivity index (χ4n) is 4.67. The lowest BCUT2D eigenvalue weighted by Gasteiger charge is -2.38. The third-order valence-corrected chi connectivity index (χ3v) is 6.48. The van der Waals surface area contributed by atoms with Crippen LogP contribution in [0, 0.1) is 21.4 Å². The van der Waals surface area contributed by atoms with Crippen LogP contribution in [0.15, 0.2) is 53.5 Å². The fraction of sp³-hybridized carbons (Fsp3) is 0.292. The van der Waals surface area contributed by atoms with Crippen LogP contribution < -0.4 is 10.5 Å². The van der Waals surface area contributed by atoms with E-state index in [0.717, 1.165) is 56.0 Å². The van der Waals surface area contributed by atoms with Crippen molar-refractivity contribution in [2.45, 2.75) is 18.9 Å². The van der Waals surface area contributed by atoms with Crippen LogP contribution in [-0.2, 0) is 0 Å². The first-order valence-electron chi connectivity index (χ1n) is 10.9. The predicted octanol–water partition coefficient (Wildman–Crippen LogP) is 3.07. The molecule has 0 unspecified atom stereocenters. The number of allylic oxidation sites excluding steroid dienone is 1. The van der Waals surface area contributed by atoms with Gasteiger partial charge in [-0.1, -0.05) is 6.08 Å². The van der Waals surface area contributed by atoms with Gasteiger partial charge < -0.3 is 9.88 Å². The van der Waals surface area contributed by atoms with E-state index in [1.165, 1.54) is 12.3 Å². The van der Waals surface area contributed by atoms with E-state index >= 15 is 0 Å². The number of nitrogens with zero attached hydrogens (tertiary/aromatic N) is 5. The highest BCUT2D eigenvalue weighted by Crippen LogP contribution is 2.31. The zero-order valence-electron chi connectivity index (χ0n) is 17.9. The SMILES string of the molecule is N#Cc1ccc(N2CCN([C@H]3C=C(c4cc5ncc([N+](=O)[O-])cc5c(=O)[nH]4)CC3)CC2)cc1. The Labute approximate surface area is 189 Å². The number of rotatable bonds is 4. The molecule has 3 heterocycles. The van der Waals surface area contributed by atoms with Crippen molar-refractivity contribution in [2.75, 3.05) is 31.1 Å². The zero-order chi connectivity index (χ0) is 22.9. The Morgan fingerprint density at radius 2 is 1.91 bits per heavy atom. The van der Waals surface area contributed by atoms with Gasteiger partial charge in [0.05, 0.1) is 27.5 Å². The van der Waals surface area contributed by atoms with Crippen molar-refractivity contribution in [1.29, 1.82) is 5.26 Å². The zero-order valence-corrected chi connectivity index (χ0v) is 17.9. The monoisotopic (exact) mass is 442 g/mol. The van der Waals surface area contributed by atoms with Gasteiger partial charge in [0.1, 0.15) is 6.20 Å². The van der Waals surface area contributed by atoms with Crippen molar-refractivity contribution in [1.82, 2.24) is 14.9 Å². The minimum Gasteiger partial charge on any atom is -0.369 e. The lowest BCUT2D eigenvalue weighted by Crippen LogP contribution is -2.49. The molecule has 1 aliphatic carbocycles. The topological polar surface area (TPSA) is 119 Å². The van der Waals surface area contributed by atoms with Crippen molar-refractivity contribution in [2.24, 2.45) is 0 Å². The van der Waals surface area contributed by atoms with Crippen LogP contribution in [0.4, 0.5) is 11.4 Å². The van der Waals surface area contributed by atoms with Crippen molar-refractivity contribution in [3.63, 3.8) is 0 Å². The second kappa shape index (κ2) is 8.48. The number of anilines is 1. The summed E-state index contributed by atoms with van der Waals surface area (Å²) in [5.74, 6) is 0. The summed E-state index contributed by atoms with van der Waals surface area (Å²) in [6.45, 7) is 3.71. The molecule has 0 radical (unpaired) electrons. The second-order valence-corrected chi connectivity index (χ2v) is 8.38. The van der Waals surface area contributed by atoms with Gasteiger partial charge in [-0.15, -0.1) is 0 Å². The van der Waals surface area contributed by atoms with Crippen LogP contribution in [0.2, 0.25) is 0 Å². The van der Waals surface area contributed by atoms with E-state index in [9.17, 15) is 14.9 Å². The molecule has 0 bridgehead atoms. The molecule has 166 valence electrons. The lowest BCUT2D eigenvalue weighted by molar-refractivity contribution is -0.385. The number of benzene rings is 1. The molecule has 0 saturated carbocycles. The van der Waals surface area contributed by atoms with Crippen LogP contribution in [0.3, 0.4) is 0 Å². The van der Waals surface area contributed by atoms with E-state index < -0.39 is 4.92 Å². The van der Waals surface area contributed by atoms with E-state index in [2.05, 4.69) is 31.9 Å². The molecule has 5 rings (SSSR count). The van der Waals surface area contributed by atoms with Gasteiger partial charge in [-0.05, 0) is 48.7 Å². The van der Waals surface area contributed by atoms with E-state index in [1.807, 2.05) is 24.3 Å². The summed E-state index contributed by atoms with van der Waals surface area (Å²) in [5, 5.41) is 20.2. The van der Waals surface area contributed by atoms with E-state index in [4.69, 9.17) is 5.26 Å². The highest BCUT2D eigenvalue weighted by Gasteiger charge is 2.27. The van der Waals surface area contributed by atoms with Gasteiger partial charge in [-0.25, -0.2) is 4.98 Å². The molecule has 1 N–H and O–H groups in total. The van der Waals surface area contributed by atoms with E-state index in [1.54, 1.807) is 6.07 Å². The molecule has 3 aromatic rings. The summed E-state index contributed by atoms with van der Waals surface area (Å²) in [6, 6.07) is 13.2. The maximum absolute atomic E-state index is 12.5. The Morgan fingerprint density at radius 1 is 1.15 bits per heavy atom. The minimum atomic E-state index is -0.551. The highest BCUT2D eigenvalue weighted by atomic mass is 16.6. The number of nitro groups is 1. The average molecular weight is 442 g/mol. The summed E-state index contributed by atoms with van der Waals surface area (Å²) in [5.41, 5.74) is 3.51. The van der Waals surface area contributed by atoms with E-state index in [0.29, 0.717) is 17.1 Å². The van der Waals surface area contributed by atoms with Crippen molar-refractivity contribution in [3.05, 3.63) is 80.4 Å². The number of nitrogens with one attached hydrogen (secondary N) is 1.